The number of rotatable bonds is 9. The van der Waals surface area contributed by atoms with Crippen LogP contribution >= 0.6 is 0 Å². The van der Waals surface area contributed by atoms with Gasteiger partial charge >= 0.3 is 0 Å². The molecule has 1 aromatic carbocycles. The van der Waals surface area contributed by atoms with Gasteiger partial charge in [-0.2, -0.15) is 0 Å². The second-order valence-electron chi connectivity index (χ2n) is 6.98. The number of amides is 1. The number of carbonyl (C=O) groups excluding carboxylic acids is 1. The lowest BCUT2D eigenvalue weighted by atomic mass is 10.0. The summed E-state index contributed by atoms with van der Waals surface area (Å²) >= 11 is 0. The molecular weight excluding hydrogens is 316 g/mol. The van der Waals surface area contributed by atoms with Crippen LogP contribution in [0.2, 0.25) is 0 Å². The maximum Gasteiger partial charge on any atom is 0.220 e. The molecule has 0 radical (unpaired) electrons. The molecule has 1 saturated heterocycles. The summed E-state index contributed by atoms with van der Waals surface area (Å²) in [5.41, 5.74) is 1.12. The molecule has 1 heterocycles. The first kappa shape index (κ1) is 19.7. The van der Waals surface area contributed by atoms with Crippen molar-refractivity contribution in [3.8, 4) is 5.75 Å². The van der Waals surface area contributed by atoms with Crippen LogP contribution in [0.1, 0.15) is 32.3 Å². The van der Waals surface area contributed by atoms with E-state index < -0.39 is 0 Å². The van der Waals surface area contributed by atoms with E-state index in [1.807, 2.05) is 31.2 Å². The summed E-state index contributed by atoms with van der Waals surface area (Å²) < 4.78 is 11.2. The Morgan fingerprint density at radius 3 is 2.68 bits per heavy atom. The molecule has 0 spiro atoms. The zero-order valence-corrected chi connectivity index (χ0v) is 15.8. The van der Waals surface area contributed by atoms with E-state index in [2.05, 4.69) is 24.1 Å². The molecule has 1 N–H and O–H groups in total. The number of carbonyl (C=O) groups is 1. The van der Waals surface area contributed by atoms with Crippen molar-refractivity contribution >= 4 is 5.91 Å². The normalized spacial score (nSPS) is 16.6. The molecule has 2 rings (SSSR count). The average Bonchev–Trinajstić information content (AvgIpc) is 2.61. The number of benzene rings is 1. The van der Waals surface area contributed by atoms with E-state index in [1.54, 1.807) is 0 Å². The van der Waals surface area contributed by atoms with Crippen LogP contribution in [-0.4, -0.2) is 56.3 Å². The molecule has 0 aromatic heterocycles. The van der Waals surface area contributed by atoms with Crippen LogP contribution < -0.4 is 10.1 Å². The summed E-state index contributed by atoms with van der Waals surface area (Å²) in [6.07, 6.45) is 1.23. The molecule has 140 valence electrons. The van der Waals surface area contributed by atoms with Gasteiger partial charge < -0.3 is 14.8 Å². The highest BCUT2D eigenvalue weighted by molar-refractivity contribution is 5.75. The van der Waals surface area contributed by atoms with Crippen molar-refractivity contribution in [2.45, 2.75) is 39.7 Å². The summed E-state index contributed by atoms with van der Waals surface area (Å²) in [5, 5.41) is 3.09. The van der Waals surface area contributed by atoms with E-state index >= 15 is 0 Å². The van der Waals surface area contributed by atoms with Crippen LogP contribution in [-0.2, 0) is 9.53 Å². The third-order valence-electron chi connectivity index (χ3n) is 4.69. The number of para-hydroxylation sites is 1. The molecule has 0 aliphatic carbocycles. The summed E-state index contributed by atoms with van der Waals surface area (Å²) in [4.78, 5) is 14.5. The van der Waals surface area contributed by atoms with Gasteiger partial charge in [0.1, 0.15) is 5.75 Å². The topological polar surface area (TPSA) is 50.8 Å². The number of aryl methyl sites for hydroxylation is 1. The number of hydrogen-bond acceptors (Lipinski definition) is 4. The molecule has 1 unspecified atom stereocenters. The molecule has 5 heteroatoms. The monoisotopic (exact) mass is 348 g/mol. The summed E-state index contributed by atoms with van der Waals surface area (Å²) in [6.45, 7) is 11.2. The second-order valence-corrected chi connectivity index (χ2v) is 6.98. The minimum atomic E-state index is 0.104. The van der Waals surface area contributed by atoms with E-state index in [0.29, 0.717) is 31.5 Å². The summed E-state index contributed by atoms with van der Waals surface area (Å²) in [7, 11) is 0. The Balaban J connectivity index is 1.66. The Bertz CT molecular complexity index is 527. The van der Waals surface area contributed by atoms with Gasteiger partial charge in [0.15, 0.2) is 0 Å². The van der Waals surface area contributed by atoms with E-state index in [9.17, 15) is 4.79 Å². The Labute approximate surface area is 151 Å². The summed E-state index contributed by atoms with van der Waals surface area (Å²) in [5.74, 6) is 1.50. The molecule has 1 aliphatic heterocycles. The average molecular weight is 348 g/mol. The van der Waals surface area contributed by atoms with Gasteiger partial charge in [0.25, 0.3) is 0 Å². The third-order valence-corrected chi connectivity index (χ3v) is 4.69. The maximum atomic E-state index is 12.1. The molecule has 0 bridgehead atoms. The SMILES string of the molecule is Cc1ccccc1OCCCC(=O)NCC(C(C)C)N1CCOCC1. The predicted molar refractivity (Wildman–Crippen MR) is 99.9 cm³/mol. The van der Waals surface area contributed by atoms with Crippen LogP contribution in [0.25, 0.3) is 0 Å². The Kier molecular flexibility index (Phi) is 8.22. The zero-order valence-electron chi connectivity index (χ0n) is 15.8. The van der Waals surface area contributed by atoms with Crippen molar-refractivity contribution in [3.05, 3.63) is 29.8 Å². The standard InChI is InChI=1S/C20H32N2O3/c1-16(2)18(22-10-13-24-14-11-22)15-21-20(23)9-6-12-25-19-8-5-4-7-17(19)3/h4-5,7-8,16,18H,6,9-15H2,1-3H3,(H,21,23). The van der Waals surface area contributed by atoms with Crippen LogP contribution in [0.15, 0.2) is 24.3 Å². The minimum absolute atomic E-state index is 0.104. The first-order valence-electron chi connectivity index (χ1n) is 9.35. The zero-order chi connectivity index (χ0) is 18.1. The smallest absolute Gasteiger partial charge is 0.220 e. The van der Waals surface area contributed by atoms with Crippen LogP contribution in [0, 0.1) is 12.8 Å². The van der Waals surface area contributed by atoms with E-state index in [1.165, 1.54) is 0 Å². The lowest BCUT2D eigenvalue weighted by Crippen LogP contribution is -2.51. The Hall–Kier alpha value is -1.59. The van der Waals surface area contributed by atoms with Gasteiger partial charge in [0.2, 0.25) is 5.91 Å². The number of nitrogens with one attached hydrogen (secondary N) is 1. The highest BCUT2D eigenvalue weighted by Crippen LogP contribution is 2.16. The highest BCUT2D eigenvalue weighted by Gasteiger charge is 2.24. The van der Waals surface area contributed by atoms with E-state index in [-0.39, 0.29) is 5.91 Å². The third kappa shape index (κ3) is 6.67. The first-order chi connectivity index (χ1) is 12.1. The lowest BCUT2D eigenvalue weighted by Gasteiger charge is -2.36. The van der Waals surface area contributed by atoms with E-state index in [4.69, 9.17) is 9.47 Å². The first-order valence-corrected chi connectivity index (χ1v) is 9.35. The molecule has 0 saturated carbocycles. The fourth-order valence-electron chi connectivity index (χ4n) is 3.14. The molecule has 5 nitrogen and oxygen atoms in total. The molecule has 1 fully saturated rings. The number of nitrogens with zero attached hydrogens (tertiary/aromatic N) is 1. The number of morpholine rings is 1. The predicted octanol–water partition coefficient (Wildman–Crippen LogP) is 2.63. The van der Waals surface area contributed by atoms with Gasteiger partial charge in [0, 0.05) is 32.1 Å². The lowest BCUT2D eigenvalue weighted by molar-refractivity contribution is -0.121. The van der Waals surface area contributed by atoms with Crippen LogP contribution in [0.3, 0.4) is 0 Å². The van der Waals surface area contributed by atoms with Crippen LogP contribution in [0.4, 0.5) is 0 Å². The van der Waals surface area contributed by atoms with Crippen molar-refractivity contribution in [1.82, 2.24) is 10.2 Å². The van der Waals surface area contributed by atoms with Gasteiger partial charge in [0.05, 0.1) is 19.8 Å². The molecule has 1 aromatic rings. The van der Waals surface area contributed by atoms with Gasteiger partial charge in [-0.3, -0.25) is 9.69 Å². The summed E-state index contributed by atoms with van der Waals surface area (Å²) in [6, 6.07) is 8.32. The Morgan fingerprint density at radius 1 is 1.28 bits per heavy atom. The quantitative estimate of drug-likeness (QED) is 0.697. The van der Waals surface area contributed by atoms with Gasteiger partial charge in [-0.1, -0.05) is 32.0 Å². The minimum Gasteiger partial charge on any atom is -0.493 e. The van der Waals surface area contributed by atoms with Crippen LogP contribution in [0.5, 0.6) is 5.75 Å². The molecule has 1 aliphatic rings. The fourth-order valence-corrected chi connectivity index (χ4v) is 3.14. The van der Waals surface area contributed by atoms with Crippen molar-refractivity contribution in [2.24, 2.45) is 5.92 Å². The highest BCUT2D eigenvalue weighted by atomic mass is 16.5. The Morgan fingerprint density at radius 2 is 2.00 bits per heavy atom. The molecule has 1 atom stereocenters. The fraction of sp³-hybridized carbons (Fsp3) is 0.650. The number of ether oxygens (including phenoxy) is 2. The van der Waals surface area contributed by atoms with Gasteiger partial charge in [-0.25, -0.2) is 0 Å². The maximum absolute atomic E-state index is 12.1. The van der Waals surface area contributed by atoms with Gasteiger partial charge in [-0.15, -0.1) is 0 Å². The van der Waals surface area contributed by atoms with Crippen molar-refractivity contribution in [1.29, 1.82) is 0 Å². The van der Waals surface area contributed by atoms with Crippen molar-refractivity contribution < 1.29 is 14.3 Å². The van der Waals surface area contributed by atoms with Crippen molar-refractivity contribution in [2.75, 3.05) is 39.5 Å². The van der Waals surface area contributed by atoms with Gasteiger partial charge in [-0.05, 0) is 30.9 Å². The molecular formula is C20H32N2O3. The second kappa shape index (κ2) is 10.4. The largest absolute Gasteiger partial charge is 0.493 e. The van der Waals surface area contributed by atoms with E-state index in [0.717, 1.165) is 44.0 Å². The van der Waals surface area contributed by atoms with Crippen molar-refractivity contribution in [3.63, 3.8) is 0 Å². The molecule has 1 amide bonds. The molecule has 25 heavy (non-hydrogen) atoms. The number of hydrogen-bond donors (Lipinski definition) is 1.